The molecule has 0 saturated heterocycles. The van der Waals surface area contributed by atoms with E-state index < -0.39 is 0 Å². The summed E-state index contributed by atoms with van der Waals surface area (Å²) in [5.74, 6) is 1.43. The zero-order valence-electron chi connectivity index (χ0n) is 12.1. The largest absolute Gasteiger partial charge is 0.488 e. The molecule has 19 heavy (non-hydrogen) atoms. The molecule has 1 atom stereocenters. The van der Waals surface area contributed by atoms with Gasteiger partial charge in [-0.2, -0.15) is 0 Å². The Balaban J connectivity index is 1.87. The van der Waals surface area contributed by atoms with Gasteiger partial charge in [0.1, 0.15) is 17.6 Å². The molecular weight excluding hydrogens is 236 g/mol. The van der Waals surface area contributed by atoms with Crippen molar-refractivity contribution in [1.82, 2.24) is 0 Å². The summed E-state index contributed by atoms with van der Waals surface area (Å²) < 4.78 is 6.28. The average molecular weight is 258 g/mol. The highest BCUT2D eigenvalue weighted by Crippen LogP contribution is 2.52. The molecule has 2 aliphatic rings. The molecule has 1 aromatic rings. The summed E-state index contributed by atoms with van der Waals surface area (Å²) in [6.07, 6.45) is 5.13. The van der Waals surface area contributed by atoms with Crippen LogP contribution in [-0.2, 0) is 4.79 Å². The van der Waals surface area contributed by atoms with E-state index in [-0.39, 0.29) is 11.5 Å². The smallest absolute Gasteiger partial charge is 0.146 e. The lowest BCUT2D eigenvalue weighted by molar-refractivity contribution is -0.151. The van der Waals surface area contributed by atoms with E-state index in [1.165, 1.54) is 29.5 Å². The normalized spacial score (nSPS) is 24.6. The Labute approximate surface area is 115 Å². The number of carbonyl (C=O) groups is 1. The summed E-state index contributed by atoms with van der Waals surface area (Å²) >= 11 is 0. The quantitative estimate of drug-likeness (QED) is 0.804. The van der Waals surface area contributed by atoms with Crippen LogP contribution in [0.2, 0.25) is 0 Å². The molecular formula is C17H22O2. The van der Waals surface area contributed by atoms with Gasteiger partial charge in [0.15, 0.2) is 0 Å². The predicted octanol–water partition coefficient (Wildman–Crippen LogP) is 3.89. The Hall–Kier alpha value is -1.31. The van der Waals surface area contributed by atoms with Crippen molar-refractivity contribution in [2.45, 2.75) is 59.0 Å². The van der Waals surface area contributed by atoms with Crippen molar-refractivity contribution in [1.29, 1.82) is 0 Å². The van der Waals surface area contributed by atoms with Crippen LogP contribution < -0.4 is 4.74 Å². The third kappa shape index (κ3) is 1.80. The number of hydrogen-bond acceptors (Lipinski definition) is 2. The van der Waals surface area contributed by atoms with Crippen molar-refractivity contribution >= 4 is 5.78 Å². The Morgan fingerprint density at radius 1 is 1.11 bits per heavy atom. The van der Waals surface area contributed by atoms with Crippen LogP contribution in [0.15, 0.2) is 12.1 Å². The second-order valence-corrected chi connectivity index (χ2v) is 6.25. The van der Waals surface area contributed by atoms with Gasteiger partial charge < -0.3 is 4.74 Å². The van der Waals surface area contributed by atoms with E-state index in [2.05, 4.69) is 32.9 Å². The Morgan fingerprint density at radius 3 is 2.37 bits per heavy atom. The van der Waals surface area contributed by atoms with Gasteiger partial charge in [0.2, 0.25) is 0 Å². The number of hydrogen-bond donors (Lipinski definition) is 0. The number of rotatable bonds is 2. The first kappa shape index (κ1) is 12.7. The van der Waals surface area contributed by atoms with Crippen LogP contribution in [0.5, 0.6) is 5.75 Å². The Kier molecular flexibility index (Phi) is 2.92. The highest BCUT2D eigenvalue weighted by molar-refractivity contribution is 5.92. The van der Waals surface area contributed by atoms with Gasteiger partial charge in [-0.05, 0) is 50.3 Å². The van der Waals surface area contributed by atoms with Crippen LogP contribution in [-0.4, -0.2) is 11.9 Å². The monoisotopic (exact) mass is 258 g/mol. The zero-order valence-corrected chi connectivity index (χ0v) is 12.1. The zero-order chi connectivity index (χ0) is 13.6. The van der Waals surface area contributed by atoms with E-state index in [1.807, 2.05) is 0 Å². The summed E-state index contributed by atoms with van der Waals surface area (Å²) in [7, 11) is 0. The standard InChI is InChI=1S/C17H22O2/c1-11-6-7-12(2)16(13(11)3)19-15-10-14(18)17(15)8-4-5-9-17/h6-7,15H,4-5,8-10H2,1-3H3. The molecule has 2 aliphatic carbocycles. The SMILES string of the molecule is Cc1ccc(C)c(OC2CC(=O)C23CCCC3)c1C. The molecule has 1 unspecified atom stereocenters. The third-order valence-electron chi connectivity index (χ3n) is 5.17. The lowest BCUT2D eigenvalue weighted by Crippen LogP contribution is -2.55. The van der Waals surface area contributed by atoms with E-state index in [9.17, 15) is 4.79 Å². The van der Waals surface area contributed by atoms with E-state index in [4.69, 9.17) is 4.74 Å². The molecule has 2 nitrogen and oxygen atoms in total. The van der Waals surface area contributed by atoms with Gasteiger partial charge in [0.25, 0.3) is 0 Å². The topological polar surface area (TPSA) is 26.3 Å². The van der Waals surface area contributed by atoms with E-state index in [0.29, 0.717) is 12.2 Å². The van der Waals surface area contributed by atoms with E-state index >= 15 is 0 Å². The fraction of sp³-hybridized carbons (Fsp3) is 0.588. The molecule has 0 bridgehead atoms. The van der Waals surface area contributed by atoms with Crippen LogP contribution in [0.25, 0.3) is 0 Å². The molecule has 0 amide bonds. The number of ether oxygens (including phenoxy) is 1. The van der Waals surface area contributed by atoms with Crippen LogP contribution in [0.1, 0.15) is 48.8 Å². The lowest BCUT2D eigenvalue weighted by Gasteiger charge is -2.45. The van der Waals surface area contributed by atoms with Gasteiger partial charge in [-0.1, -0.05) is 25.0 Å². The average Bonchev–Trinajstić information content (AvgIpc) is 2.90. The first-order valence-electron chi connectivity index (χ1n) is 7.31. The molecule has 1 spiro atoms. The molecule has 1 aromatic carbocycles. The Bertz CT molecular complexity index is 524. The fourth-order valence-electron chi connectivity index (χ4n) is 3.63. The first-order chi connectivity index (χ1) is 9.04. The summed E-state index contributed by atoms with van der Waals surface area (Å²) in [4.78, 5) is 12.0. The second-order valence-electron chi connectivity index (χ2n) is 6.25. The van der Waals surface area contributed by atoms with E-state index in [0.717, 1.165) is 18.6 Å². The van der Waals surface area contributed by atoms with Gasteiger partial charge in [-0.3, -0.25) is 4.79 Å². The predicted molar refractivity (Wildman–Crippen MR) is 75.6 cm³/mol. The van der Waals surface area contributed by atoms with Crippen molar-refractivity contribution in [2.24, 2.45) is 5.41 Å². The number of carbonyl (C=O) groups excluding carboxylic acids is 1. The molecule has 0 heterocycles. The summed E-state index contributed by atoms with van der Waals surface area (Å²) in [5, 5.41) is 0. The first-order valence-corrected chi connectivity index (χ1v) is 7.31. The van der Waals surface area contributed by atoms with Crippen LogP contribution in [0, 0.1) is 26.2 Å². The maximum absolute atomic E-state index is 12.0. The molecule has 0 N–H and O–H groups in total. The highest BCUT2D eigenvalue weighted by Gasteiger charge is 2.57. The number of ketones is 1. The van der Waals surface area contributed by atoms with Gasteiger partial charge in [-0.15, -0.1) is 0 Å². The number of aryl methyl sites for hydroxylation is 2. The van der Waals surface area contributed by atoms with Gasteiger partial charge in [0, 0.05) is 6.42 Å². The summed E-state index contributed by atoms with van der Waals surface area (Å²) in [6.45, 7) is 6.31. The van der Waals surface area contributed by atoms with Crippen molar-refractivity contribution in [3.8, 4) is 5.75 Å². The molecule has 102 valence electrons. The van der Waals surface area contributed by atoms with Gasteiger partial charge >= 0.3 is 0 Å². The van der Waals surface area contributed by atoms with Crippen molar-refractivity contribution in [3.05, 3.63) is 28.8 Å². The minimum absolute atomic E-state index is 0.113. The minimum atomic E-state index is -0.136. The Morgan fingerprint density at radius 2 is 1.74 bits per heavy atom. The molecule has 2 fully saturated rings. The van der Waals surface area contributed by atoms with Crippen LogP contribution in [0.3, 0.4) is 0 Å². The molecule has 2 saturated carbocycles. The summed E-state index contributed by atoms with van der Waals surface area (Å²) in [5.41, 5.74) is 3.51. The third-order valence-corrected chi connectivity index (χ3v) is 5.17. The molecule has 3 rings (SSSR count). The van der Waals surface area contributed by atoms with Crippen LogP contribution >= 0.6 is 0 Å². The second kappa shape index (κ2) is 4.36. The number of Topliss-reactive ketones (excluding diaryl/α,β-unsaturated/α-hetero) is 1. The molecule has 0 radical (unpaired) electrons. The molecule has 0 aromatic heterocycles. The lowest BCUT2D eigenvalue weighted by atomic mass is 9.63. The summed E-state index contributed by atoms with van der Waals surface area (Å²) in [6, 6.07) is 4.24. The molecule has 0 aliphatic heterocycles. The fourth-order valence-corrected chi connectivity index (χ4v) is 3.63. The minimum Gasteiger partial charge on any atom is -0.488 e. The van der Waals surface area contributed by atoms with Gasteiger partial charge in [-0.25, -0.2) is 0 Å². The van der Waals surface area contributed by atoms with Crippen molar-refractivity contribution in [3.63, 3.8) is 0 Å². The van der Waals surface area contributed by atoms with Crippen molar-refractivity contribution in [2.75, 3.05) is 0 Å². The maximum atomic E-state index is 12.0. The number of benzene rings is 1. The molecule has 2 heteroatoms. The van der Waals surface area contributed by atoms with Crippen molar-refractivity contribution < 1.29 is 9.53 Å². The highest BCUT2D eigenvalue weighted by atomic mass is 16.5. The van der Waals surface area contributed by atoms with E-state index in [1.54, 1.807) is 0 Å². The van der Waals surface area contributed by atoms with Gasteiger partial charge in [0.05, 0.1) is 5.41 Å². The van der Waals surface area contributed by atoms with Crippen LogP contribution in [0.4, 0.5) is 0 Å². The maximum Gasteiger partial charge on any atom is 0.146 e.